The van der Waals surface area contributed by atoms with Gasteiger partial charge in [0.1, 0.15) is 0 Å². The summed E-state index contributed by atoms with van der Waals surface area (Å²) in [7, 11) is 3.92. The number of amides is 1. The molecule has 1 amide bonds. The van der Waals surface area contributed by atoms with Crippen molar-refractivity contribution >= 4 is 17.3 Å². The maximum absolute atomic E-state index is 11.9. The van der Waals surface area contributed by atoms with Crippen LogP contribution in [0.3, 0.4) is 0 Å². The molecule has 1 aromatic rings. The Hall–Kier alpha value is -1.55. The van der Waals surface area contributed by atoms with Crippen molar-refractivity contribution in [2.45, 2.75) is 13.3 Å². The van der Waals surface area contributed by atoms with Gasteiger partial charge in [0.2, 0.25) is 5.91 Å². The number of carbonyl (C=O) groups is 1. The number of hydrogen-bond donors (Lipinski definition) is 1. The Balaban J connectivity index is 2.14. The fourth-order valence-corrected chi connectivity index (χ4v) is 2.23. The summed E-state index contributed by atoms with van der Waals surface area (Å²) in [5, 5.41) is 3.06. The van der Waals surface area contributed by atoms with Crippen LogP contribution in [0.25, 0.3) is 0 Å². The zero-order valence-electron chi connectivity index (χ0n) is 11.4. The summed E-state index contributed by atoms with van der Waals surface area (Å²) in [6.45, 7) is 4.26. The molecule has 0 fully saturated rings. The van der Waals surface area contributed by atoms with Crippen molar-refractivity contribution in [2.75, 3.05) is 43.5 Å². The third-order valence-corrected chi connectivity index (χ3v) is 3.48. The van der Waals surface area contributed by atoms with Gasteiger partial charge >= 0.3 is 0 Å². The van der Waals surface area contributed by atoms with Gasteiger partial charge in [-0.05, 0) is 30.7 Å². The van der Waals surface area contributed by atoms with Gasteiger partial charge in [0.15, 0.2) is 0 Å². The first kappa shape index (κ1) is 12.9. The fraction of sp³-hybridized carbons (Fsp3) is 0.500. The second kappa shape index (κ2) is 5.40. The SMILES string of the molecule is CCNCC(=O)N(C)c1ccc2c(c1)N(C)CC2. The van der Waals surface area contributed by atoms with E-state index in [0.717, 1.165) is 25.2 Å². The molecule has 1 N–H and O–H groups in total. The Bertz CT molecular complexity index is 445. The number of fused-ring (bicyclic) bond motifs is 1. The van der Waals surface area contributed by atoms with Crippen LogP contribution in [0.4, 0.5) is 11.4 Å². The summed E-state index contributed by atoms with van der Waals surface area (Å²) in [4.78, 5) is 15.9. The average molecular weight is 247 g/mol. The predicted molar refractivity (Wildman–Crippen MR) is 75.4 cm³/mol. The molecule has 2 rings (SSSR count). The first-order valence-electron chi connectivity index (χ1n) is 6.44. The van der Waals surface area contributed by atoms with E-state index in [4.69, 9.17) is 0 Å². The molecule has 1 heterocycles. The molecule has 0 radical (unpaired) electrons. The number of carbonyl (C=O) groups excluding carboxylic acids is 1. The highest BCUT2D eigenvalue weighted by Gasteiger charge is 2.18. The largest absolute Gasteiger partial charge is 0.374 e. The highest BCUT2D eigenvalue weighted by Crippen LogP contribution is 2.30. The molecule has 4 heteroatoms. The molecule has 0 atom stereocenters. The lowest BCUT2D eigenvalue weighted by Crippen LogP contribution is -2.35. The zero-order valence-corrected chi connectivity index (χ0v) is 11.4. The van der Waals surface area contributed by atoms with Crippen LogP contribution in [0.5, 0.6) is 0 Å². The van der Waals surface area contributed by atoms with Crippen molar-refractivity contribution in [1.82, 2.24) is 5.32 Å². The lowest BCUT2D eigenvalue weighted by molar-refractivity contribution is -0.117. The van der Waals surface area contributed by atoms with E-state index in [1.807, 2.05) is 20.0 Å². The van der Waals surface area contributed by atoms with Crippen LogP contribution in [0.15, 0.2) is 18.2 Å². The molecule has 18 heavy (non-hydrogen) atoms. The molecule has 0 aliphatic carbocycles. The van der Waals surface area contributed by atoms with Gasteiger partial charge in [0.05, 0.1) is 6.54 Å². The molecule has 1 aliphatic heterocycles. The van der Waals surface area contributed by atoms with E-state index in [0.29, 0.717) is 6.54 Å². The molecule has 98 valence electrons. The summed E-state index contributed by atoms with van der Waals surface area (Å²) in [6.07, 6.45) is 1.10. The quantitative estimate of drug-likeness (QED) is 0.870. The Morgan fingerprint density at radius 2 is 2.28 bits per heavy atom. The van der Waals surface area contributed by atoms with Crippen LogP contribution < -0.4 is 15.1 Å². The normalized spacial score (nSPS) is 13.6. The number of rotatable bonds is 4. The first-order valence-corrected chi connectivity index (χ1v) is 6.44. The van der Waals surface area contributed by atoms with Gasteiger partial charge in [-0.25, -0.2) is 0 Å². The topological polar surface area (TPSA) is 35.6 Å². The van der Waals surface area contributed by atoms with E-state index in [1.165, 1.54) is 11.3 Å². The van der Waals surface area contributed by atoms with Crippen LogP contribution in [0.1, 0.15) is 12.5 Å². The minimum Gasteiger partial charge on any atom is -0.374 e. The van der Waals surface area contributed by atoms with E-state index in [1.54, 1.807) is 4.90 Å². The summed E-state index contributed by atoms with van der Waals surface area (Å²) in [5.41, 5.74) is 3.58. The molecule has 0 saturated carbocycles. The Morgan fingerprint density at radius 1 is 1.50 bits per heavy atom. The van der Waals surface area contributed by atoms with Gasteiger partial charge in [0.25, 0.3) is 0 Å². The van der Waals surface area contributed by atoms with Gasteiger partial charge in [-0.2, -0.15) is 0 Å². The first-order chi connectivity index (χ1) is 8.63. The third-order valence-electron chi connectivity index (χ3n) is 3.48. The molecule has 0 bridgehead atoms. The standard InChI is InChI=1S/C14H21N3O/c1-4-15-10-14(18)17(3)12-6-5-11-7-8-16(2)13(11)9-12/h5-6,9,15H,4,7-8,10H2,1-3H3. The van der Waals surface area contributed by atoms with Crippen LogP contribution in [-0.2, 0) is 11.2 Å². The monoisotopic (exact) mass is 247 g/mol. The molecule has 1 aliphatic rings. The molecule has 0 unspecified atom stereocenters. The maximum Gasteiger partial charge on any atom is 0.240 e. The van der Waals surface area contributed by atoms with Crippen LogP contribution in [0, 0.1) is 0 Å². The predicted octanol–water partition coefficient (Wildman–Crippen LogP) is 1.25. The maximum atomic E-state index is 11.9. The second-order valence-corrected chi connectivity index (χ2v) is 4.72. The van der Waals surface area contributed by atoms with Gasteiger partial charge in [-0.1, -0.05) is 13.0 Å². The van der Waals surface area contributed by atoms with Crippen molar-refractivity contribution in [3.63, 3.8) is 0 Å². The van der Waals surface area contributed by atoms with Crippen molar-refractivity contribution in [2.24, 2.45) is 0 Å². The minimum absolute atomic E-state index is 0.0949. The molecule has 4 nitrogen and oxygen atoms in total. The summed E-state index contributed by atoms with van der Waals surface area (Å²) in [6, 6.07) is 6.26. The van der Waals surface area contributed by atoms with E-state index < -0.39 is 0 Å². The van der Waals surface area contributed by atoms with Crippen LogP contribution in [-0.4, -0.2) is 39.6 Å². The Morgan fingerprint density at radius 3 is 3.00 bits per heavy atom. The highest BCUT2D eigenvalue weighted by molar-refractivity contribution is 5.95. The molecule has 0 saturated heterocycles. The smallest absolute Gasteiger partial charge is 0.240 e. The van der Waals surface area contributed by atoms with Crippen LogP contribution >= 0.6 is 0 Å². The summed E-state index contributed by atoms with van der Waals surface area (Å²) >= 11 is 0. The van der Waals surface area contributed by atoms with E-state index in [2.05, 4.69) is 29.4 Å². The van der Waals surface area contributed by atoms with Gasteiger partial charge in [0, 0.05) is 32.0 Å². The van der Waals surface area contributed by atoms with E-state index in [9.17, 15) is 4.79 Å². The van der Waals surface area contributed by atoms with E-state index in [-0.39, 0.29) is 5.91 Å². The van der Waals surface area contributed by atoms with Gasteiger partial charge < -0.3 is 15.1 Å². The van der Waals surface area contributed by atoms with Crippen molar-refractivity contribution < 1.29 is 4.79 Å². The number of hydrogen-bond acceptors (Lipinski definition) is 3. The van der Waals surface area contributed by atoms with Gasteiger partial charge in [-0.3, -0.25) is 4.79 Å². The minimum atomic E-state index is 0.0949. The highest BCUT2D eigenvalue weighted by atomic mass is 16.2. The molecular formula is C14H21N3O. The molecular weight excluding hydrogens is 226 g/mol. The summed E-state index contributed by atoms with van der Waals surface area (Å²) < 4.78 is 0. The molecule has 1 aromatic carbocycles. The lowest BCUT2D eigenvalue weighted by Gasteiger charge is -2.20. The third kappa shape index (κ3) is 2.48. The second-order valence-electron chi connectivity index (χ2n) is 4.72. The van der Waals surface area contributed by atoms with Crippen molar-refractivity contribution in [3.8, 4) is 0 Å². The Kier molecular flexibility index (Phi) is 3.87. The number of likely N-dealkylation sites (N-methyl/N-ethyl adjacent to an activating group) is 3. The number of benzene rings is 1. The fourth-order valence-electron chi connectivity index (χ4n) is 2.23. The number of anilines is 2. The lowest BCUT2D eigenvalue weighted by atomic mass is 10.1. The van der Waals surface area contributed by atoms with Crippen molar-refractivity contribution in [1.29, 1.82) is 0 Å². The average Bonchev–Trinajstić information content (AvgIpc) is 2.76. The Labute approximate surface area is 109 Å². The molecule has 0 spiro atoms. The van der Waals surface area contributed by atoms with Crippen LogP contribution in [0.2, 0.25) is 0 Å². The number of nitrogens with zero attached hydrogens (tertiary/aromatic N) is 2. The summed E-state index contributed by atoms with van der Waals surface area (Å²) in [5.74, 6) is 0.0949. The molecule has 0 aromatic heterocycles. The van der Waals surface area contributed by atoms with Gasteiger partial charge in [-0.15, -0.1) is 0 Å². The number of nitrogens with one attached hydrogen (secondary N) is 1. The zero-order chi connectivity index (χ0) is 13.1. The van der Waals surface area contributed by atoms with Crippen molar-refractivity contribution in [3.05, 3.63) is 23.8 Å². The van der Waals surface area contributed by atoms with E-state index >= 15 is 0 Å².